The zero-order chi connectivity index (χ0) is 20.6. The van der Waals surface area contributed by atoms with Gasteiger partial charge in [0.05, 0.1) is 0 Å². The summed E-state index contributed by atoms with van der Waals surface area (Å²) in [4.78, 5) is 10.8. The lowest BCUT2D eigenvalue weighted by Gasteiger charge is -2.64. The molecular weight excluding hydrogens is 346 g/mol. The maximum atomic E-state index is 10.8. The van der Waals surface area contributed by atoms with Crippen molar-refractivity contribution in [2.24, 2.45) is 40.2 Å². The van der Waals surface area contributed by atoms with E-state index in [1.165, 1.54) is 70.3 Å². The summed E-state index contributed by atoms with van der Waals surface area (Å²) in [6, 6.07) is 0. The molecule has 3 nitrogen and oxygen atoms in total. The lowest BCUT2D eigenvalue weighted by Crippen LogP contribution is -2.65. The zero-order valence-corrected chi connectivity index (χ0v) is 18.7. The van der Waals surface area contributed by atoms with E-state index in [1.54, 1.807) is 0 Å². The molecule has 4 saturated carbocycles. The molecule has 4 aliphatic carbocycles. The van der Waals surface area contributed by atoms with Gasteiger partial charge in [0.25, 0.3) is 0 Å². The first-order valence-electron chi connectivity index (χ1n) is 12.0. The summed E-state index contributed by atoms with van der Waals surface area (Å²) in [5.41, 5.74) is 7.87. The molecule has 0 saturated heterocycles. The van der Waals surface area contributed by atoms with Gasteiger partial charge in [-0.25, -0.2) is 4.79 Å². The predicted octanol–water partition coefficient (Wildman–Crippen LogP) is 6.17. The van der Waals surface area contributed by atoms with Gasteiger partial charge in [-0.15, -0.1) is 0 Å². The summed E-state index contributed by atoms with van der Waals surface area (Å²) in [6.07, 6.45) is 17.3. The van der Waals surface area contributed by atoms with Crippen molar-refractivity contribution in [1.29, 1.82) is 0 Å². The number of hydrogen-bond acceptors (Lipinski definition) is 2. The van der Waals surface area contributed by atoms with Crippen molar-refractivity contribution in [1.82, 2.24) is 0 Å². The van der Waals surface area contributed by atoms with Gasteiger partial charge in [0, 0.05) is 11.6 Å². The molecule has 0 aliphatic heterocycles. The molecule has 4 rings (SSSR count). The Bertz CT molecular complexity index is 601. The minimum absolute atomic E-state index is 0.0857. The number of aliphatic carboxylic acids is 1. The molecule has 7 atom stereocenters. The Morgan fingerprint density at radius 1 is 1.00 bits per heavy atom. The highest BCUT2D eigenvalue weighted by atomic mass is 16.4. The van der Waals surface area contributed by atoms with Crippen LogP contribution in [0.4, 0.5) is 0 Å². The molecule has 160 valence electrons. The average Bonchev–Trinajstić information content (AvgIpc) is 3.00. The van der Waals surface area contributed by atoms with Crippen LogP contribution in [0.2, 0.25) is 0 Å². The fraction of sp³-hybridized carbons (Fsp3) is 0.880. The van der Waals surface area contributed by atoms with E-state index in [-0.39, 0.29) is 5.54 Å². The van der Waals surface area contributed by atoms with E-state index in [0.717, 1.165) is 24.2 Å². The molecule has 7 unspecified atom stereocenters. The summed E-state index contributed by atoms with van der Waals surface area (Å²) in [5.74, 6) is 2.33. The van der Waals surface area contributed by atoms with Crippen LogP contribution in [-0.2, 0) is 4.79 Å². The van der Waals surface area contributed by atoms with E-state index in [0.29, 0.717) is 16.7 Å². The Labute approximate surface area is 172 Å². The van der Waals surface area contributed by atoms with E-state index in [4.69, 9.17) is 10.8 Å². The van der Waals surface area contributed by atoms with E-state index < -0.39 is 5.97 Å². The molecule has 0 aromatic rings. The third-order valence-electron chi connectivity index (χ3n) is 9.76. The molecule has 3 heteroatoms. The fourth-order valence-corrected chi connectivity index (χ4v) is 8.17. The number of allylic oxidation sites excluding steroid dienone is 1. The van der Waals surface area contributed by atoms with Crippen molar-refractivity contribution in [2.45, 2.75) is 104 Å². The van der Waals surface area contributed by atoms with Gasteiger partial charge < -0.3 is 10.8 Å². The van der Waals surface area contributed by atoms with Gasteiger partial charge in [0.1, 0.15) is 0 Å². The van der Waals surface area contributed by atoms with Gasteiger partial charge in [-0.3, -0.25) is 0 Å². The minimum atomic E-state index is -0.815. The van der Waals surface area contributed by atoms with E-state index in [9.17, 15) is 4.79 Å². The van der Waals surface area contributed by atoms with Crippen molar-refractivity contribution >= 4 is 5.97 Å². The van der Waals surface area contributed by atoms with Crippen molar-refractivity contribution in [2.75, 3.05) is 0 Å². The summed E-state index contributed by atoms with van der Waals surface area (Å²) in [7, 11) is 0. The highest BCUT2D eigenvalue weighted by molar-refractivity contribution is 5.79. The molecule has 0 radical (unpaired) electrons. The van der Waals surface area contributed by atoms with Crippen LogP contribution in [0.15, 0.2) is 12.2 Å². The highest BCUT2D eigenvalue weighted by Gasteiger charge is 2.62. The van der Waals surface area contributed by atoms with Crippen LogP contribution in [-0.4, -0.2) is 16.6 Å². The second-order valence-electron chi connectivity index (χ2n) is 10.5. The number of hydrogen-bond donors (Lipinski definition) is 2. The number of carboxylic acids is 1. The summed E-state index contributed by atoms with van der Waals surface area (Å²) >= 11 is 0. The average molecular weight is 390 g/mol. The third kappa shape index (κ3) is 3.36. The molecule has 0 bridgehead atoms. The van der Waals surface area contributed by atoms with Gasteiger partial charge in [0.2, 0.25) is 0 Å². The molecule has 4 fully saturated rings. The Morgan fingerprint density at radius 2 is 1.71 bits per heavy atom. The minimum Gasteiger partial charge on any atom is -0.478 e. The normalized spacial score (nSPS) is 47.5. The molecular formula is C25H43NO2. The molecule has 3 N–H and O–H groups in total. The maximum Gasteiger partial charge on any atom is 0.327 e. The Morgan fingerprint density at radius 3 is 2.43 bits per heavy atom. The molecule has 0 heterocycles. The lowest BCUT2D eigenvalue weighted by atomic mass is 9.42. The summed E-state index contributed by atoms with van der Waals surface area (Å²) < 4.78 is 0. The zero-order valence-electron chi connectivity index (χ0n) is 18.7. The van der Waals surface area contributed by atoms with Crippen LogP contribution in [0.5, 0.6) is 0 Å². The first-order valence-corrected chi connectivity index (χ1v) is 12.0. The van der Waals surface area contributed by atoms with Crippen LogP contribution in [0.3, 0.4) is 0 Å². The number of carboxylic acid groups (broad SMARTS) is 1. The van der Waals surface area contributed by atoms with Crippen molar-refractivity contribution in [3.63, 3.8) is 0 Å². The predicted molar refractivity (Wildman–Crippen MR) is 116 cm³/mol. The first-order chi connectivity index (χ1) is 13.3. The van der Waals surface area contributed by atoms with Crippen molar-refractivity contribution in [3.05, 3.63) is 12.2 Å². The van der Waals surface area contributed by atoms with Crippen LogP contribution >= 0.6 is 0 Å². The fourth-order valence-electron chi connectivity index (χ4n) is 8.17. The van der Waals surface area contributed by atoms with Gasteiger partial charge in [0.15, 0.2) is 0 Å². The number of nitrogens with two attached hydrogens (primary N) is 1. The van der Waals surface area contributed by atoms with E-state index in [1.807, 2.05) is 19.9 Å². The molecule has 0 spiro atoms. The maximum absolute atomic E-state index is 10.8. The van der Waals surface area contributed by atoms with Gasteiger partial charge in [-0.05, 0) is 92.3 Å². The van der Waals surface area contributed by atoms with E-state index in [2.05, 4.69) is 13.8 Å². The first kappa shape index (κ1) is 21.9. The molecule has 28 heavy (non-hydrogen) atoms. The lowest BCUT2D eigenvalue weighted by molar-refractivity contribution is -0.131. The quantitative estimate of drug-likeness (QED) is 0.567. The third-order valence-corrected chi connectivity index (χ3v) is 9.76. The Kier molecular flexibility index (Phi) is 6.35. The van der Waals surface area contributed by atoms with Crippen LogP contribution < -0.4 is 5.73 Å². The molecule has 4 aliphatic rings. The van der Waals surface area contributed by atoms with Crippen molar-refractivity contribution < 1.29 is 9.90 Å². The molecule has 0 aromatic heterocycles. The second-order valence-corrected chi connectivity index (χ2v) is 10.5. The second kappa shape index (κ2) is 8.13. The highest BCUT2D eigenvalue weighted by Crippen LogP contribution is 2.68. The van der Waals surface area contributed by atoms with Crippen molar-refractivity contribution in [3.8, 4) is 0 Å². The topological polar surface area (TPSA) is 63.3 Å². The Hall–Kier alpha value is -0.830. The van der Waals surface area contributed by atoms with Crippen LogP contribution in [0, 0.1) is 34.5 Å². The van der Waals surface area contributed by atoms with Gasteiger partial charge >= 0.3 is 5.97 Å². The molecule has 0 amide bonds. The standard InChI is InChI=1S/C23H37NO2.C2H6/c1-21-14-11-19-17(10-15-23(24)13-4-3-12-22(19,23)2)18(21)9-8-16(21)6-5-7-20(25)26;1-2/h5,7,16-19H,3-4,6,8-15,24H2,1-2H3,(H,25,26);1-2H3/b7-5+;. The molecule has 0 aromatic carbocycles. The number of fused-ring (bicyclic) bond motifs is 5. The van der Waals surface area contributed by atoms with Gasteiger partial charge in [-0.1, -0.05) is 46.6 Å². The van der Waals surface area contributed by atoms with Crippen LogP contribution in [0.25, 0.3) is 0 Å². The largest absolute Gasteiger partial charge is 0.478 e. The number of rotatable bonds is 3. The number of carbonyl (C=O) groups is 1. The summed E-state index contributed by atoms with van der Waals surface area (Å²) in [5, 5.41) is 8.90. The summed E-state index contributed by atoms with van der Waals surface area (Å²) in [6.45, 7) is 9.06. The monoisotopic (exact) mass is 389 g/mol. The van der Waals surface area contributed by atoms with E-state index >= 15 is 0 Å². The Balaban J connectivity index is 0.00000109. The SMILES string of the molecule is CC.CC12CCC3C(CCC4(N)CCCCC34C)C1CCC2C/C=C/C(=O)O. The smallest absolute Gasteiger partial charge is 0.327 e. The van der Waals surface area contributed by atoms with Gasteiger partial charge in [-0.2, -0.15) is 0 Å². The van der Waals surface area contributed by atoms with Crippen LogP contribution in [0.1, 0.15) is 98.3 Å².